The van der Waals surface area contributed by atoms with E-state index in [1.54, 1.807) is 0 Å². The summed E-state index contributed by atoms with van der Waals surface area (Å²) >= 11 is 0. The molecular weight excluding hydrogens is 198 g/mol. The quantitative estimate of drug-likeness (QED) is 0.746. The van der Waals surface area contributed by atoms with Gasteiger partial charge in [-0.1, -0.05) is 19.8 Å². The highest BCUT2D eigenvalue weighted by Crippen LogP contribution is 2.38. The van der Waals surface area contributed by atoms with Crippen molar-refractivity contribution in [2.24, 2.45) is 0 Å². The molecule has 0 bridgehead atoms. The predicted molar refractivity (Wildman–Crippen MR) is 69.6 cm³/mol. The van der Waals surface area contributed by atoms with Gasteiger partial charge in [0.15, 0.2) is 0 Å². The van der Waals surface area contributed by atoms with Gasteiger partial charge in [0, 0.05) is 11.1 Å². The lowest BCUT2D eigenvalue weighted by Gasteiger charge is -2.54. The molecule has 0 amide bonds. The normalized spacial score (nSPS) is 25.9. The zero-order valence-electron chi connectivity index (χ0n) is 11.7. The van der Waals surface area contributed by atoms with Gasteiger partial charge in [0.05, 0.1) is 6.10 Å². The van der Waals surface area contributed by atoms with Gasteiger partial charge in [-0.3, -0.25) is 4.90 Å². The van der Waals surface area contributed by atoms with Crippen molar-refractivity contribution < 1.29 is 5.11 Å². The summed E-state index contributed by atoms with van der Waals surface area (Å²) in [5.41, 5.74) is 0.268. The third-order valence-electron chi connectivity index (χ3n) is 3.92. The minimum absolute atomic E-state index is 0.132. The third kappa shape index (κ3) is 3.21. The molecule has 0 aromatic heterocycles. The summed E-state index contributed by atoms with van der Waals surface area (Å²) in [6.07, 6.45) is 5.54. The first-order valence-corrected chi connectivity index (χ1v) is 6.75. The van der Waals surface area contributed by atoms with Gasteiger partial charge in [-0.05, 0) is 53.5 Å². The molecule has 0 aromatic carbocycles. The number of piperidine rings is 1. The molecule has 0 aromatic rings. The summed E-state index contributed by atoms with van der Waals surface area (Å²) in [5.74, 6) is 0. The van der Waals surface area contributed by atoms with Crippen molar-refractivity contribution >= 4 is 0 Å². The Balaban J connectivity index is 2.68. The molecule has 0 radical (unpaired) electrons. The van der Waals surface area contributed by atoms with Gasteiger partial charge in [-0.2, -0.15) is 0 Å². The summed E-state index contributed by atoms with van der Waals surface area (Å²) in [5, 5.41) is 9.94. The van der Waals surface area contributed by atoms with Gasteiger partial charge in [-0.15, -0.1) is 0 Å². The molecule has 1 aliphatic rings. The van der Waals surface area contributed by atoms with Crippen LogP contribution in [-0.4, -0.2) is 33.7 Å². The predicted octanol–water partition coefficient (Wildman–Crippen LogP) is 3.19. The van der Waals surface area contributed by atoms with E-state index in [0.717, 1.165) is 12.8 Å². The van der Waals surface area contributed by atoms with Crippen molar-refractivity contribution in [1.29, 1.82) is 0 Å². The highest BCUT2D eigenvalue weighted by Gasteiger charge is 2.44. The van der Waals surface area contributed by atoms with Crippen LogP contribution in [0.15, 0.2) is 0 Å². The molecule has 0 unspecified atom stereocenters. The second-order valence-electron chi connectivity index (χ2n) is 6.55. The minimum Gasteiger partial charge on any atom is -0.393 e. The topological polar surface area (TPSA) is 23.5 Å². The Kier molecular flexibility index (Phi) is 4.42. The molecule has 0 aliphatic carbocycles. The van der Waals surface area contributed by atoms with Crippen molar-refractivity contribution in [1.82, 2.24) is 4.90 Å². The second-order valence-corrected chi connectivity index (χ2v) is 6.55. The van der Waals surface area contributed by atoms with Gasteiger partial charge in [-0.25, -0.2) is 0 Å². The Morgan fingerprint density at radius 3 is 2.00 bits per heavy atom. The zero-order valence-corrected chi connectivity index (χ0v) is 11.7. The molecule has 1 N–H and O–H groups in total. The number of rotatable bonds is 4. The first-order valence-electron chi connectivity index (χ1n) is 6.75. The number of hydrogen-bond donors (Lipinski definition) is 1. The van der Waals surface area contributed by atoms with Crippen molar-refractivity contribution in [3.8, 4) is 0 Å². The molecule has 0 saturated carbocycles. The number of nitrogens with zero attached hydrogens (tertiary/aromatic N) is 1. The van der Waals surface area contributed by atoms with Crippen LogP contribution in [0.1, 0.15) is 66.7 Å². The standard InChI is InChI=1S/C14H29NO/c1-6-7-8-9-15-13(2,3)10-12(16)11-14(15,4)5/h12,16H,6-11H2,1-5H3. The maximum Gasteiger partial charge on any atom is 0.0575 e. The Hall–Kier alpha value is -0.0800. The van der Waals surface area contributed by atoms with E-state index in [9.17, 15) is 5.11 Å². The van der Waals surface area contributed by atoms with Crippen LogP contribution in [0.4, 0.5) is 0 Å². The van der Waals surface area contributed by atoms with Gasteiger partial charge in [0.25, 0.3) is 0 Å². The molecule has 1 rings (SSSR count). The zero-order chi connectivity index (χ0) is 12.4. The highest BCUT2D eigenvalue weighted by molar-refractivity contribution is 4.99. The van der Waals surface area contributed by atoms with E-state index in [4.69, 9.17) is 0 Å². The molecular formula is C14H29NO. The lowest BCUT2D eigenvalue weighted by molar-refractivity contribution is -0.0809. The number of aliphatic hydroxyl groups excluding tert-OH is 1. The average molecular weight is 227 g/mol. The van der Waals surface area contributed by atoms with E-state index in [2.05, 4.69) is 39.5 Å². The van der Waals surface area contributed by atoms with Gasteiger partial charge in [0.2, 0.25) is 0 Å². The molecule has 1 fully saturated rings. The fourth-order valence-corrected chi connectivity index (χ4v) is 3.39. The van der Waals surface area contributed by atoms with Crippen LogP contribution >= 0.6 is 0 Å². The highest BCUT2D eigenvalue weighted by atomic mass is 16.3. The molecule has 0 atom stereocenters. The molecule has 0 spiro atoms. The Morgan fingerprint density at radius 1 is 1.06 bits per heavy atom. The maximum atomic E-state index is 9.94. The summed E-state index contributed by atoms with van der Waals surface area (Å²) in [4.78, 5) is 2.60. The molecule has 96 valence electrons. The van der Waals surface area contributed by atoms with Crippen LogP contribution in [0.3, 0.4) is 0 Å². The Morgan fingerprint density at radius 2 is 1.56 bits per heavy atom. The van der Waals surface area contributed by atoms with Crippen molar-refractivity contribution in [2.45, 2.75) is 83.9 Å². The van der Waals surface area contributed by atoms with Crippen molar-refractivity contribution in [2.75, 3.05) is 6.54 Å². The van der Waals surface area contributed by atoms with Gasteiger partial charge >= 0.3 is 0 Å². The number of hydrogen-bond acceptors (Lipinski definition) is 2. The Bertz CT molecular complexity index is 205. The third-order valence-corrected chi connectivity index (χ3v) is 3.92. The SMILES string of the molecule is CCCCCN1C(C)(C)CC(O)CC1(C)C. The number of likely N-dealkylation sites (tertiary alicyclic amines) is 1. The summed E-state index contributed by atoms with van der Waals surface area (Å²) in [6.45, 7) is 12.5. The first-order chi connectivity index (χ1) is 7.29. The molecule has 16 heavy (non-hydrogen) atoms. The van der Waals surface area contributed by atoms with E-state index >= 15 is 0 Å². The van der Waals surface area contributed by atoms with E-state index in [1.165, 1.54) is 25.8 Å². The number of unbranched alkanes of at least 4 members (excludes halogenated alkanes) is 2. The fourth-order valence-electron chi connectivity index (χ4n) is 3.39. The maximum absolute atomic E-state index is 9.94. The smallest absolute Gasteiger partial charge is 0.0575 e. The van der Waals surface area contributed by atoms with E-state index < -0.39 is 0 Å². The van der Waals surface area contributed by atoms with E-state index in [1.807, 2.05) is 0 Å². The van der Waals surface area contributed by atoms with Crippen LogP contribution in [0.2, 0.25) is 0 Å². The molecule has 1 heterocycles. The number of aliphatic hydroxyl groups is 1. The molecule has 2 heteroatoms. The average Bonchev–Trinajstić information content (AvgIpc) is 2.07. The fraction of sp³-hybridized carbons (Fsp3) is 1.00. The summed E-state index contributed by atoms with van der Waals surface area (Å²) < 4.78 is 0. The van der Waals surface area contributed by atoms with Crippen molar-refractivity contribution in [3.05, 3.63) is 0 Å². The molecule has 1 aliphatic heterocycles. The summed E-state index contributed by atoms with van der Waals surface area (Å²) in [7, 11) is 0. The van der Waals surface area contributed by atoms with Crippen LogP contribution in [0, 0.1) is 0 Å². The lowest BCUT2D eigenvalue weighted by atomic mass is 9.78. The molecule has 1 saturated heterocycles. The van der Waals surface area contributed by atoms with Gasteiger partial charge < -0.3 is 5.11 Å². The minimum atomic E-state index is -0.132. The van der Waals surface area contributed by atoms with E-state index in [0.29, 0.717) is 0 Å². The van der Waals surface area contributed by atoms with Crippen LogP contribution in [0.25, 0.3) is 0 Å². The van der Waals surface area contributed by atoms with Crippen molar-refractivity contribution in [3.63, 3.8) is 0 Å². The van der Waals surface area contributed by atoms with Crippen LogP contribution in [0.5, 0.6) is 0 Å². The van der Waals surface area contributed by atoms with Crippen LogP contribution in [-0.2, 0) is 0 Å². The monoisotopic (exact) mass is 227 g/mol. The second kappa shape index (κ2) is 5.05. The lowest BCUT2D eigenvalue weighted by Crippen LogP contribution is -2.61. The largest absolute Gasteiger partial charge is 0.393 e. The molecule has 2 nitrogen and oxygen atoms in total. The summed E-state index contributed by atoms with van der Waals surface area (Å²) in [6, 6.07) is 0. The first kappa shape index (κ1) is 14.0. The van der Waals surface area contributed by atoms with Gasteiger partial charge in [0.1, 0.15) is 0 Å². The Labute approximate surface area is 101 Å². The van der Waals surface area contributed by atoms with E-state index in [-0.39, 0.29) is 17.2 Å². The van der Waals surface area contributed by atoms with Crippen LogP contribution < -0.4 is 0 Å².